The van der Waals surface area contributed by atoms with E-state index in [2.05, 4.69) is 5.32 Å². The lowest BCUT2D eigenvalue weighted by Crippen LogP contribution is -2.53. The standard InChI is InChI=1S/C22H26Cl2N2O3/c1-15(21(28)25-22(2,3)4)26(13-16-8-5-6-11-19(16)24)20(27)14-29-18-10-7-9-17(23)12-18/h5-12,15H,13-14H2,1-4H3,(H,25,28). The molecule has 0 saturated heterocycles. The normalized spacial score (nSPS) is 12.2. The van der Waals surface area contributed by atoms with Crippen molar-refractivity contribution in [2.45, 2.75) is 45.8 Å². The van der Waals surface area contributed by atoms with Gasteiger partial charge in [0.05, 0.1) is 0 Å². The number of nitrogens with zero attached hydrogens (tertiary/aromatic N) is 1. The average molecular weight is 437 g/mol. The molecule has 2 amide bonds. The topological polar surface area (TPSA) is 58.6 Å². The molecule has 0 heterocycles. The Labute approximate surface area is 181 Å². The Kier molecular flexibility index (Phi) is 7.94. The highest BCUT2D eigenvalue weighted by Crippen LogP contribution is 2.20. The molecular weight excluding hydrogens is 411 g/mol. The van der Waals surface area contributed by atoms with E-state index in [0.29, 0.717) is 15.8 Å². The van der Waals surface area contributed by atoms with Gasteiger partial charge in [0.1, 0.15) is 11.8 Å². The molecule has 0 radical (unpaired) electrons. The van der Waals surface area contributed by atoms with Crippen LogP contribution in [0.5, 0.6) is 5.75 Å². The number of ether oxygens (including phenoxy) is 1. The molecule has 2 aromatic carbocycles. The second-order valence-electron chi connectivity index (χ2n) is 7.77. The van der Waals surface area contributed by atoms with Crippen molar-refractivity contribution in [2.75, 3.05) is 6.61 Å². The number of carbonyl (C=O) groups is 2. The molecule has 156 valence electrons. The quantitative estimate of drug-likeness (QED) is 0.683. The lowest BCUT2D eigenvalue weighted by molar-refractivity contribution is -0.142. The van der Waals surface area contributed by atoms with Crippen molar-refractivity contribution >= 4 is 35.0 Å². The number of hydrogen-bond donors (Lipinski definition) is 1. The molecule has 2 aromatic rings. The van der Waals surface area contributed by atoms with Crippen LogP contribution in [-0.4, -0.2) is 34.9 Å². The maximum Gasteiger partial charge on any atom is 0.261 e. The highest BCUT2D eigenvalue weighted by molar-refractivity contribution is 6.31. The summed E-state index contributed by atoms with van der Waals surface area (Å²) in [7, 11) is 0. The van der Waals surface area contributed by atoms with E-state index in [1.54, 1.807) is 37.3 Å². The van der Waals surface area contributed by atoms with Gasteiger partial charge in [-0.1, -0.05) is 47.5 Å². The molecule has 5 nitrogen and oxygen atoms in total. The third-order valence-corrected chi connectivity index (χ3v) is 4.73. The minimum absolute atomic E-state index is 0.191. The maximum absolute atomic E-state index is 13.0. The number of benzene rings is 2. The van der Waals surface area contributed by atoms with Gasteiger partial charge in [0, 0.05) is 22.1 Å². The largest absolute Gasteiger partial charge is 0.484 e. The lowest BCUT2D eigenvalue weighted by atomic mass is 10.1. The second kappa shape index (κ2) is 9.99. The Hall–Kier alpha value is -2.24. The van der Waals surface area contributed by atoms with Crippen molar-refractivity contribution in [3.8, 4) is 5.75 Å². The van der Waals surface area contributed by atoms with Gasteiger partial charge in [-0.2, -0.15) is 0 Å². The van der Waals surface area contributed by atoms with Gasteiger partial charge in [-0.3, -0.25) is 9.59 Å². The van der Waals surface area contributed by atoms with Crippen molar-refractivity contribution in [1.29, 1.82) is 0 Å². The number of rotatable bonds is 7. The minimum Gasteiger partial charge on any atom is -0.484 e. The van der Waals surface area contributed by atoms with Crippen LogP contribution in [0, 0.1) is 0 Å². The molecule has 0 aliphatic heterocycles. The van der Waals surface area contributed by atoms with E-state index in [9.17, 15) is 9.59 Å². The Morgan fingerprint density at radius 2 is 1.79 bits per heavy atom. The molecule has 0 fully saturated rings. The number of carbonyl (C=O) groups excluding carboxylic acids is 2. The zero-order valence-corrected chi connectivity index (χ0v) is 18.6. The fourth-order valence-corrected chi connectivity index (χ4v) is 3.03. The highest BCUT2D eigenvalue weighted by Gasteiger charge is 2.29. The first-order chi connectivity index (χ1) is 13.6. The molecule has 29 heavy (non-hydrogen) atoms. The zero-order chi connectivity index (χ0) is 21.6. The number of halogens is 2. The van der Waals surface area contributed by atoms with Gasteiger partial charge in [-0.05, 0) is 57.5 Å². The number of hydrogen-bond acceptors (Lipinski definition) is 3. The molecular formula is C22H26Cl2N2O3. The van der Waals surface area contributed by atoms with Crippen molar-refractivity contribution < 1.29 is 14.3 Å². The van der Waals surface area contributed by atoms with Crippen LogP contribution in [0.2, 0.25) is 10.0 Å². The first kappa shape index (κ1) is 23.0. The molecule has 2 rings (SSSR count). The van der Waals surface area contributed by atoms with Gasteiger partial charge < -0.3 is 15.0 Å². The molecule has 7 heteroatoms. The van der Waals surface area contributed by atoms with Crippen molar-refractivity contribution in [3.63, 3.8) is 0 Å². The Morgan fingerprint density at radius 1 is 1.10 bits per heavy atom. The van der Waals surface area contributed by atoms with E-state index in [-0.39, 0.29) is 25.0 Å². The fraction of sp³-hybridized carbons (Fsp3) is 0.364. The van der Waals surface area contributed by atoms with Crippen LogP contribution in [-0.2, 0) is 16.1 Å². The summed E-state index contributed by atoms with van der Waals surface area (Å²) >= 11 is 12.2. The predicted octanol–water partition coefficient (Wildman–Crippen LogP) is 4.70. The summed E-state index contributed by atoms with van der Waals surface area (Å²) in [5.41, 5.74) is 0.336. The van der Waals surface area contributed by atoms with Gasteiger partial charge in [0.15, 0.2) is 6.61 Å². The third kappa shape index (κ3) is 7.26. The van der Waals surface area contributed by atoms with Crippen LogP contribution < -0.4 is 10.1 Å². The first-order valence-electron chi connectivity index (χ1n) is 9.30. The smallest absolute Gasteiger partial charge is 0.261 e. The summed E-state index contributed by atoms with van der Waals surface area (Å²) < 4.78 is 5.59. The second-order valence-corrected chi connectivity index (χ2v) is 8.62. The summed E-state index contributed by atoms with van der Waals surface area (Å²) in [5, 5.41) is 3.96. The fourth-order valence-electron chi connectivity index (χ4n) is 2.65. The van der Waals surface area contributed by atoms with Crippen LogP contribution in [0.3, 0.4) is 0 Å². The minimum atomic E-state index is -0.707. The van der Waals surface area contributed by atoms with E-state index in [4.69, 9.17) is 27.9 Å². The van der Waals surface area contributed by atoms with E-state index in [1.165, 1.54) is 4.90 Å². The number of amides is 2. The van der Waals surface area contributed by atoms with E-state index in [1.807, 2.05) is 39.0 Å². The van der Waals surface area contributed by atoms with Crippen LogP contribution >= 0.6 is 23.2 Å². The Bertz CT molecular complexity index is 865. The molecule has 1 atom stereocenters. The maximum atomic E-state index is 13.0. The Morgan fingerprint density at radius 3 is 2.41 bits per heavy atom. The SMILES string of the molecule is CC(C(=O)NC(C)(C)C)N(Cc1ccccc1Cl)C(=O)COc1cccc(Cl)c1. The molecule has 0 saturated carbocycles. The van der Waals surface area contributed by atoms with Gasteiger partial charge in [0.25, 0.3) is 5.91 Å². The summed E-state index contributed by atoms with van der Waals surface area (Å²) in [5.74, 6) is -0.0996. The van der Waals surface area contributed by atoms with E-state index in [0.717, 1.165) is 5.56 Å². The molecule has 0 aliphatic carbocycles. The number of nitrogens with one attached hydrogen (secondary N) is 1. The summed E-state index contributed by atoms with van der Waals surface area (Å²) in [4.78, 5) is 27.1. The molecule has 1 unspecified atom stereocenters. The summed E-state index contributed by atoms with van der Waals surface area (Å²) in [6.45, 7) is 7.32. The molecule has 0 spiro atoms. The molecule has 0 aromatic heterocycles. The van der Waals surface area contributed by atoms with Crippen LogP contribution in [0.1, 0.15) is 33.3 Å². The molecule has 0 aliphatic rings. The third-order valence-electron chi connectivity index (χ3n) is 4.12. The first-order valence-corrected chi connectivity index (χ1v) is 10.1. The summed E-state index contributed by atoms with van der Waals surface area (Å²) in [6, 6.07) is 13.3. The molecule has 1 N–H and O–H groups in total. The lowest BCUT2D eigenvalue weighted by Gasteiger charge is -2.31. The van der Waals surface area contributed by atoms with Gasteiger partial charge in [-0.25, -0.2) is 0 Å². The highest BCUT2D eigenvalue weighted by atomic mass is 35.5. The van der Waals surface area contributed by atoms with Gasteiger partial charge >= 0.3 is 0 Å². The van der Waals surface area contributed by atoms with Crippen molar-refractivity contribution in [2.24, 2.45) is 0 Å². The van der Waals surface area contributed by atoms with E-state index < -0.39 is 11.6 Å². The van der Waals surface area contributed by atoms with Gasteiger partial charge in [-0.15, -0.1) is 0 Å². The van der Waals surface area contributed by atoms with Crippen LogP contribution in [0.25, 0.3) is 0 Å². The predicted molar refractivity (Wildman–Crippen MR) is 116 cm³/mol. The van der Waals surface area contributed by atoms with Crippen LogP contribution in [0.4, 0.5) is 0 Å². The average Bonchev–Trinajstić information content (AvgIpc) is 2.63. The van der Waals surface area contributed by atoms with Gasteiger partial charge in [0.2, 0.25) is 5.91 Å². The zero-order valence-electron chi connectivity index (χ0n) is 17.0. The van der Waals surface area contributed by atoms with E-state index >= 15 is 0 Å². The molecule has 0 bridgehead atoms. The monoisotopic (exact) mass is 436 g/mol. The van der Waals surface area contributed by atoms with Crippen LogP contribution in [0.15, 0.2) is 48.5 Å². The van der Waals surface area contributed by atoms with Crippen molar-refractivity contribution in [1.82, 2.24) is 10.2 Å². The Balaban J connectivity index is 2.19. The summed E-state index contributed by atoms with van der Waals surface area (Å²) in [6.07, 6.45) is 0. The van der Waals surface area contributed by atoms with Crippen molar-refractivity contribution in [3.05, 3.63) is 64.1 Å².